The van der Waals surface area contributed by atoms with E-state index in [9.17, 15) is 14.7 Å². The first-order chi connectivity index (χ1) is 11.5. The number of rotatable bonds is 7. The number of esters is 1. The molecule has 2 atom stereocenters. The molecule has 1 fully saturated rings. The zero-order chi connectivity index (χ0) is 17.5. The van der Waals surface area contributed by atoms with Crippen LogP contribution in [0.25, 0.3) is 0 Å². The van der Waals surface area contributed by atoms with Crippen LogP contribution < -0.4 is 5.73 Å². The highest BCUT2D eigenvalue weighted by Crippen LogP contribution is 2.42. The number of hydrogen-bond donors (Lipinski definition) is 2. The van der Waals surface area contributed by atoms with Crippen molar-refractivity contribution in [1.82, 2.24) is 0 Å². The van der Waals surface area contributed by atoms with Gasteiger partial charge in [-0.05, 0) is 44.2 Å². The van der Waals surface area contributed by atoms with E-state index in [-0.39, 0.29) is 16.8 Å². The predicted molar refractivity (Wildman–Crippen MR) is 95.3 cm³/mol. The number of carbonyl (C=O) groups is 2. The number of benzene rings is 1. The van der Waals surface area contributed by atoms with Gasteiger partial charge in [-0.15, -0.1) is 11.8 Å². The average Bonchev–Trinajstić information content (AvgIpc) is 2.56. The van der Waals surface area contributed by atoms with Crippen LogP contribution in [0.3, 0.4) is 0 Å². The van der Waals surface area contributed by atoms with Crippen LogP contribution in [0.2, 0.25) is 0 Å². The van der Waals surface area contributed by atoms with Gasteiger partial charge < -0.3 is 15.6 Å². The fraction of sp³-hybridized carbons (Fsp3) is 0.556. The Hall–Kier alpha value is -1.69. The van der Waals surface area contributed by atoms with Gasteiger partial charge in [-0.3, -0.25) is 4.79 Å². The van der Waals surface area contributed by atoms with Crippen molar-refractivity contribution in [3.63, 3.8) is 0 Å². The van der Waals surface area contributed by atoms with E-state index in [4.69, 9.17) is 10.5 Å². The van der Waals surface area contributed by atoms with Gasteiger partial charge in [-0.25, -0.2) is 4.79 Å². The van der Waals surface area contributed by atoms with Crippen LogP contribution in [0.1, 0.15) is 55.8 Å². The standard InChI is InChI=1S/C18H25NO4S/c1-2-23-16(20)11-10-12-6-3-4-9-15(12)24-17-13(18(21)22)7-5-8-14(17)19/h5,7-8,12,15H,2-4,6,9-11,19H2,1H3,(H,21,22). The quantitative estimate of drug-likeness (QED) is 0.571. The van der Waals surface area contributed by atoms with E-state index in [1.807, 2.05) is 6.92 Å². The van der Waals surface area contributed by atoms with Crippen molar-refractivity contribution < 1.29 is 19.4 Å². The second kappa shape index (κ2) is 8.97. The highest BCUT2D eigenvalue weighted by molar-refractivity contribution is 8.00. The summed E-state index contributed by atoms with van der Waals surface area (Å²) >= 11 is 1.56. The van der Waals surface area contributed by atoms with Crippen molar-refractivity contribution in [2.75, 3.05) is 12.3 Å². The molecule has 6 heteroatoms. The number of carboxylic acid groups (broad SMARTS) is 1. The van der Waals surface area contributed by atoms with E-state index in [2.05, 4.69) is 0 Å². The summed E-state index contributed by atoms with van der Waals surface area (Å²) in [5.74, 6) is -0.727. The molecule has 0 aromatic heterocycles. The first kappa shape index (κ1) is 18.6. The molecule has 0 amide bonds. The molecule has 132 valence electrons. The van der Waals surface area contributed by atoms with Gasteiger partial charge in [0.15, 0.2) is 0 Å². The summed E-state index contributed by atoms with van der Waals surface area (Å²) in [5, 5.41) is 9.68. The minimum atomic E-state index is -0.955. The van der Waals surface area contributed by atoms with Crippen LogP contribution in [0.15, 0.2) is 23.1 Å². The van der Waals surface area contributed by atoms with E-state index in [1.165, 1.54) is 0 Å². The Kier molecular flexibility index (Phi) is 6.97. The molecule has 1 aromatic carbocycles. The highest BCUT2D eigenvalue weighted by atomic mass is 32.2. The Morgan fingerprint density at radius 2 is 2.08 bits per heavy atom. The number of hydrogen-bond acceptors (Lipinski definition) is 5. The van der Waals surface area contributed by atoms with Gasteiger partial charge in [-0.1, -0.05) is 18.9 Å². The average molecular weight is 351 g/mol. The summed E-state index contributed by atoms with van der Waals surface area (Å²) in [6, 6.07) is 5.00. The SMILES string of the molecule is CCOC(=O)CCC1CCCCC1Sc1c(N)cccc1C(=O)O. The molecule has 0 radical (unpaired) electrons. The molecule has 1 aliphatic carbocycles. The summed E-state index contributed by atoms with van der Waals surface area (Å²) in [4.78, 5) is 23.7. The fourth-order valence-corrected chi connectivity index (χ4v) is 4.74. The topological polar surface area (TPSA) is 89.6 Å². The summed E-state index contributed by atoms with van der Waals surface area (Å²) < 4.78 is 5.01. The summed E-state index contributed by atoms with van der Waals surface area (Å²) in [6.07, 6.45) is 5.57. The molecule has 3 N–H and O–H groups in total. The Morgan fingerprint density at radius 1 is 1.33 bits per heavy atom. The third-order valence-corrected chi connectivity index (χ3v) is 6.02. The number of aromatic carboxylic acids is 1. The van der Waals surface area contributed by atoms with Gasteiger partial charge in [0.2, 0.25) is 0 Å². The van der Waals surface area contributed by atoms with Crippen LogP contribution in [0.5, 0.6) is 0 Å². The van der Waals surface area contributed by atoms with Gasteiger partial charge in [0.25, 0.3) is 0 Å². The molecule has 5 nitrogen and oxygen atoms in total. The Morgan fingerprint density at radius 3 is 2.79 bits per heavy atom. The molecule has 1 aromatic rings. The monoisotopic (exact) mass is 351 g/mol. The third kappa shape index (κ3) is 4.90. The molecule has 2 rings (SSSR count). The zero-order valence-corrected chi connectivity index (χ0v) is 14.8. The van der Waals surface area contributed by atoms with Gasteiger partial charge in [0.05, 0.1) is 12.2 Å². The van der Waals surface area contributed by atoms with Gasteiger partial charge in [0.1, 0.15) is 0 Å². The molecule has 0 heterocycles. The lowest BCUT2D eigenvalue weighted by Crippen LogP contribution is -2.23. The van der Waals surface area contributed by atoms with Crippen molar-refractivity contribution >= 4 is 29.4 Å². The van der Waals surface area contributed by atoms with E-state index >= 15 is 0 Å². The largest absolute Gasteiger partial charge is 0.478 e. The second-order valence-electron chi connectivity index (χ2n) is 6.07. The molecular formula is C18H25NO4S. The first-order valence-corrected chi connectivity index (χ1v) is 9.35. The predicted octanol–water partition coefficient (Wildman–Crippen LogP) is 3.96. The van der Waals surface area contributed by atoms with E-state index < -0.39 is 5.97 Å². The van der Waals surface area contributed by atoms with E-state index in [0.717, 1.165) is 32.1 Å². The zero-order valence-electron chi connectivity index (χ0n) is 14.0. The molecule has 1 saturated carbocycles. The van der Waals surface area contributed by atoms with E-state index in [0.29, 0.717) is 29.5 Å². The highest BCUT2D eigenvalue weighted by Gasteiger charge is 2.28. The van der Waals surface area contributed by atoms with Crippen LogP contribution in [-0.4, -0.2) is 28.9 Å². The Labute approximate surface area is 146 Å². The normalized spacial score (nSPS) is 20.5. The third-order valence-electron chi connectivity index (χ3n) is 4.41. The summed E-state index contributed by atoms with van der Waals surface area (Å²) in [5.41, 5.74) is 6.79. The number of thioether (sulfide) groups is 1. The number of ether oxygens (including phenoxy) is 1. The lowest BCUT2D eigenvalue weighted by Gasteiger charge is -2.31. The number of nitrogens with two attached hydrogens (primary N) is 1. The van der Waals surface area contributed by atoms with Crippen molar-refractivity contribution in [3.8, 4) is 0 Å². The van der Waals surface area contributed by atoms with Crippen molar-refractivity contribution in [3.05, 3.63) is 23.8 Å². The van der Waals surface area contributed by atoms with Crippen molar-refractivity contribution in [2.24, 2.45) is 5.92 Å². The van der Waals surface area contributed by atoms with Crippen molar-refractivity contribution in [1.29, 1.82) is 0 Å². The second-order valence-corrected chi connectivity index (χ2v) is 7.32. The maximum absolute atomic E-state index is 11.6. The number of anilines is 1. The van der Waals surface area contributed by atoms with Crippen molar-refractivity contribution in [2.45, 2.75) is 55.6 Å². The number of carboxylic acids is 1. The first-order valence-electron chi connectivity index (χ1n) is 8.47. The molecule has 2 unspecified atom stereocenters. The molecule has 0 aliphatic heterocycles. The molecular weight excluding hydrogens is 326 g/mol. The molecule has 0 bridgehead atoms. The molecule has 1 aliphatic rings. The van der Waals surface area contributed by atoms with Gasteiger partial charge in [0, 0.05) is 22.3 Å². The molecule has 0 spiro atoms. The molecule has 0 saturated heterocycles. The minimum Gasteiger partial charge on any atom is -0.478 e. The van der Waals surface area contributed by atoms with Gasteiger partial charge >= 0.3 is 11.9 Å². The lowest BCUT2D eigenvalue weighted by molar-refractivity contribution is -0.143. The van der Waals surface area contributed by atoms with Crippen LogP contribution >= 0.6 is 11.8 Å². The Bertz CT molecular complexity index is 590. The lowest BCUT2D eigenvalue weighted by atomic mass is 9.85. The van der Waals surface area contributed by atoms with Crippen LogP contribution in [0, 0.1) is 5.92 Å². The minimum absolute atomic E-state index is 0.155. The molecule has 24 heavy (non-hydrogen) atoms. The Balaban J connectivity index is 2.09. The summed E-state index contributed by atoms with van der Waals surface area (Å²) in [7, 11) is 0. The smallest absolute Gasteiger partial charge is 0.336 e. The van der Waals surface area contributed by atoms with Gasteiger partial charge in [-0.2, -0.15) is 0 Å². The maximum Gasteiger partial charge on any atom is 0.336 e. The van der Waals surface area contributed by atoms with E-state index in [1.54, 1.807) is 30.0 Å². The maximum atomic E-state index is 11.6. The summed E-state index contributed by atoms with van der Waals surface area (Å²) in [6.45, 7) is 2.22. The van der Waals surface area contributed by atoms with Crippen LogP contribution in [0.4, 0.5) is 5.69 Å². The van der Waals surface area contributed by atoms with Crippen LogP contribution in [-0.2, 0) is 9.53 Å². The number of nitrogen functional groups attached to an aromatic ring is 1. The fourth-order valence-electron chi connectivity index (χ4n) is 3.20. The number of carbonyl (C=O) groups excluding carboxylic acids is 1.